The van der Waals surface area contributed by atoms with Gasteiger partial charge >= 0.3 is 0 Å². The third-order valence-corrected chi connectivity index (χ3v) is 2.93. The van der Waals surface area contributed by atoms with Gasteiger partial charge in [0.15, 0.2) is 0 Å². The van der Waals surface area contributed by atoms with Crippen LogP contribution in [0.15, 0.2) is 12.1 Å². The Labute approximate surface area is 84.7 Å². The number of aldehydes is 1. The van der Waals surface area contributed by atoms with E-state index in [-0.39, 0.29) is 5.56 Å². The van der Waals surface area contributed by atoms with Gasteiger partial charge in [0.2, 0.25) is 0 Å². The van der Waals surface area contributed by atoms with Crippen LogP contribution in [0.1, 0.15) is 18.4 Å². The van der Waals surface area contributed by atoms with Crippen molar-refractivity contribution in [3.63, 3.8) is 0 Å². The van der Waals surface area contributed by atoms with Gasteiger partial charge in [0.25, 0.3) is 0 Å². The Morgan fingerprint density at radius 3 is 2.50 bits per heavy atom. The molecule has 4 heteroatoms. The molecule has 1 aliphatic rings. The van der Waals surface area contributed by atoms with E-state index in [0.29, 0.717) is 19.1 Å². The summed E-state index contributed by atoms with van der Waals surface area (Å²) < 4.78 is 26.3. The van der Waals surface area contributed by atoms with Crippen molar-refractivity contribution < 1.29 is 13.6 Å². The molecule has 1 fully saturated rings. The second-order valence-electron chi connectivity index (χ2n) is 3.50. The molecule has 1 aromatic carbocycles. The summed E-state index contributed by atoms with van der Waals surface area (Å²) in [6, 6.07) is 2.38. The fourth-order valence-corrected chi connectivity index (χ4v) is 1.66. The quantitative estimate of drug-likeness (QED) is 0.549. The minimum Gasteiger partial charge on any atom is -0.302 e. The Kier molecular flexibility index (Phi) is 2.07. The van der Waals surface area contributed by atoms with Crippen molar-refractivity contribution in [1.29, 1.82) is 0 Å². The van der Waals surface area contributed by atoms with E-state index in [2.05, 4.69) is 0 Å². The van der Waals surface area contributed by atoms with Gasteiger partial charge in [0, 0.05) is 5.56 Å². The minimum absolute atomic E-state index is 0.207. The van der Waals surface area contributed by atoms with E-state index in [1.807, 2.05) is 0 Å². The Balaban J connectivity index is 2.55. The first kappa shape index (κ1) is 9.59. The van der Waals surface area contributed by atoms with Gasteiger partial charge in [0.05, 0.1) is 5.41 Å². The summed E-state index contributed by atoms with van der Waals surface area (Å²) in [6.07, 6.45) is 1.92. The summed E-state index contributed by atoms with van der Waals surface area (Å²) in [5.74, 6) is -1.61. The first-order chi connectivity index (χ1) is 6.60. The third-order valence-electron chi connectivity index (χ3n) is 2.59. The molecule has 0 aliphatic heterocycles. The number of halogens is 3. The molecule has 1 nitrogen and oxygen atoms in total. The molecule has 0 aromatic heterocycles. The molecule has 1 aliphatic carbocycles. The van der Waals surface area contributed by atoms with Crippen LogP contribution in [-0.2, 0) is 10.2 Å². The van der Waals surface area contributed by atoms with Gasteiger partial charge in [-0.2, -0.15) is 0 Å². The Bertz CT molecular complexity index is 399. The van der Waals surface area contributed by atoms with Gasteiger partial charge in [-0.05, 0) is 18.9 Å². The van der Waals surface area contributed by atoms with Gasteiger partial charge in [-0.1, -0.05) is 17.7 Å². The summed E-state index contributed by atoms with van der Waals surface area (Å²) in [6.45, 7) is 0. The molecule has 1 aromatic rings. The Morgan fingerprint density at radius 1 is 1.36 bits per heavy atom. The standard InChI is InChI=1S/C10H7ClF2O/c11-8-7(12)2-1-6(9(8)13)10(5-14)3-4-10/h1-2,5H,3-4H2. The van der Waals surface area contributed by atoms with Crippen molar-refractivity contribution in [1.82, 2.24) is 0 Å². The number of benzene rings is 1. The maximum atomic E-state index is 13.5. The van der Waals surface area contributed by atoms with Crippen molar-refractivity contribution in [3.05, 3.63) is 34.4 Å². The first-order valence-corrected chi connectivity index (χ1v) is 4.59. The highest BCUT2D eigenvalue weighted by molar-refractivity contribution is 6.31. The lowest BCUT2D eigenvalue weighted by atomic mass is 9.97. The highest BCUT2D eigenvalue weighted by Crippen LogP contribution is 2.48. The average molecular weight is 217 g/mol. The van der Waals surface area contributed by atoms with Crippen molar-refractivity contribution in [3.8, 4) is 0 Å². The number of hydrogen-bond donors (Lipinski definition) is 0. The molecule has 2 rings (SSSR count). The second-order valence-corrected chi connectivity index (χ2v) is 3.87. The summed E-state index contributed by atoms with van der Waals surface area (Å²) in [4.78, 5) is 10.7. The molecule has 0 saturated heterocycles. The Hall–Kier alpha value is -0.960. The molecule has 0 bridgehead atoms. The molecule has 0 amide bonds. The fraction of sp³-hybridized carbons (Fsp3) is 0.300. The molecular formula is C10H7ClF2O. The summed E-state index contributed by atoms with van der Waals surface area (Å²) >= 11 is 5.41. The second kappa shape index (κ2) is 3.02. The lowest BCUT2D eigenvalue weighted by Gasteiger charge is -2.09. The SMILES string of the molecule is O=CC1(c2ccc(F)c(Cl)c2F)CC1. The maximum Gasteiger partial charge on any atom is 0.148 e. The van der Waals surface area contributed by atoms with Crippen molar-refractivity contribution in [2.24, 2.45) is 0 Å². The van der Waals surface area contributed by atoms with Crippen LogP contribution >= 0.6 is 11.6 Å². The van der Waals surface area contributed by atoms with Crippen LogP contribution in [-0.4, -0.2) is 6.29 Å². The number of rotatable bonds is 2. The molecule has 0 heterocycles. The van der Waals surface area contributed by atoms with Gasteiger partial charge in [-0.15, -0.1) is 0 Å². The van der Waals surface area contributed by atoms with Crippen molar-refractivity contribution in [2.45, 2.75) is 18.3 Å². The zero-order valence-electron chi connectivity index (χ0n) is 7.19. The molecule has 0 spiro atoms. The molecule has 0 atom stereocenters. The predicted octanol–water partition coefficient (Wildman–Crippen LogP) is 2.85. The molecule has 0 N–H and O–H groups in total. The lowest BCUT2D eigenvalue weighted by molar-refractivity contribution is -0.109. The highest BCUT2D eigenvalue weighted by atomic mass is 35.5. The molecular weight excluding hydrogens is 210 g/mol. The summed E-state index contributed by atoms with van der Waals surface area (Å²) in [5.41, 5.74) is -0.541. The molecule has 14 heavy (non-hydrogen) atoms. The number of carbonyl (C=O) groups is 1. The van der Waals surface area contributed by atoms with Crippen LogP contribution in [0.4, 0.5) is 8.78 Å². The predicted molar refractivity (Wildman–Crippen MR) is 48.3 cm³/mol. The smallest absolute Gasteiger partial charge is 0.148 e. The molecule has 1 saturated carbocycles. The van der Waals surface area contributed by atoms with E-state index < -0.39 is 22.1 Å². The van der Waals surface area contributed by atoms with Crippen LogP contribution in [0.5, 0.6) is 0 Å². The van der Waals surface area contributed by atoms with E-state index in [1.54, 1.807) is 0 Å². The van der Waals surface area contributed by atoms with E-state index >= 15 is 0 Å². The molecule has 0 unspecified atom stereocenters. The first-order valence-electron chi connectivity index (χ1n) is 4.21. The van der Waals surface area contributed by atoms with Gasteiger partial charge in [-0.3, -0.25) is 0 Å². The normalized spacial score (nSPS) is 17.9. The van der Waals surface area contributed by atoms with E-state index in [1.165, 1.54) is 6.07 Å². The maximum absolute atomic E-state index is 13.5. The van der Waals surface area contributed by atoms with Gasteiger partial charge in [-0.25, -0.2) is 8.78 Å². The largest absolute Gasteiger partial charge is 0.302 e. The summed E-state index contributed by atoms with van der Waals surface area (Å²) in [7, 11) is 0. The van der Waals surface area contributed by atoms with Crippen LogP contribution in [0.25, 0.3) is 0 Å². The highest BCUT2D eigenvalue weighted by Gasteiger charge is 2.46. The average Bonchev–Trinajstić information content (AvgIpc) is 2.95. The zero-order valence-corrected chi connectivity index (χ0v) is 7.94. The minimum atomic E-state index is -0.809. The topological polar surface area (TPSA) is 17.1 Å². The van der Waals surface area contributed by atoms with Crippen LogP contribution in [0, 0.1) is 11.6 Å². The Morgan fingerprint density at radius 2 is 2.00 bits per heavy atom. The fourth-order valence-electron chi connectivity index (χ4n) is 1.50. The molecule has 74 valence electrons. The van der Waals surface area contributed by atoms with Crippen LogP contribution < -0.4 is 0 Å². The van der Waals surface area contributed by atoms with E-state index in [0.717, 1.165) is 6.07 Å². The van der Waals surface area contributed by atoms with Crippen molar-refractivity contribution in [2.75, 3.05) is 0 Å². The van der Waals surface area contributed by atoms with Gasteiger partial charge < -0.3 is 4.79 Å². The van der Waals surface area contributed by atoms with E-state index in [9.17, 15) is 13.6 Å². The lowest BCUT2D eigenvalue weighted by Crippen LogP contribution is -2.11. The van der Waals surface area contributed by atoms with Crippen LogP contribution in [0.2, 0.25) is 5.02 Å². The number of hydrogen-bond acceptors (Lipinski definition) is 1. The zero-order chi connectivity index (χ0) is 10.3. The van der Waals surface area contributed by atoms with Crippen molar-refractivity contribution >= 4 is 17.9 Å². The van der Waals surface area contributed by atoms with Gasteiger partial charge in [0.1, 0.15) is 22.9 Å². The third kappa shape index (κ3) is 1.23. The summed E-state index contributed by atoms with van der Waals surface area (Å²) in [5, 5.41) is -0.532. The molecule has 0 radical (unpaired) electrons. The number of carbonyl (C=O) groups excluding carboxylic acids is 1. The van der Waals surface area contributed by atoms with Crippen LogP contribution in [0.3, 0.4) is 0 Å². The monoisotopic (exact) mass is 216 g/mol. The van der Waals surface area contributed by atoms with E-state index in [4.69, 9.17) is 11.6 Å².